The molecule has 1 aliphatic rings. The van der Waals surface area contributed by atoms with Crippen LogP contribution in [0.1, 0.15) is 25.7 Å². The first-order valence-electron chi connectivity index (χ1n) is 7.28. The van der Waals surface area contributed by atoms with Crippen molar-refractivity contribution >= 4 is 32.5 Å². The average Bonchev–Trinajstić information content (AvgIpc) is 2.47. The molecule has 2 aromatic rings. The molecule has 3 rings (SSSR count). The van der Waals surface area contributed by atoms with Crippen molar-refractivity contribution in [3.8, 4) is 0 Å². The van der Waals surface area contributed by atoms with Crippen LogP contribution in [0.5, 0.6) is 0 Å². The van der Waals surface area contributed by atoms with Crippen molar-refractivity contribution in [1.82, 2.24) is 4.98 Å². The average molecular weight is 334 g/mol. The highest BCUT2D eigenvalue weighted by Crippen LogP contribution is 2.29. The van der Waals surface area contributed by atoms with Crippen molar-refractivity contribution in [3.63, 3.8) is 0 Å². The molecule has 20 heavy (non-hydrogen) atoms. The van der Waals surface area contributed by atoms with Gasteiger partial charge in [0.15, 0.2) is 0 Å². The van der Waals surface area contributed by atoms with Crippen LogP contribution in [0.3, 0.4) is 0 Å². The van der Waals surface area contributed by atoms with E-state index in [0.717, 1.165) is 28.6 Å². The fraction of sp³-hybridized carbons (Fsp3) is 0.438. The Balaban J connectivity index is 1.79. The SMILES string of the molecule is NC1CCCCC1CNc1nccc2c(Br)cccc12. The lowest BCUT2D eigenvalue weighted by molar-refractivity contribution is 0.321. The van der Waals surface area contributed by atoms with E-state index in [1.165, 1.54) is 24.6 Å². The van der Waals surface area contributed by atoms with E-state index in [9.17, 15) is 0 Å². The second-order valence-electron chi connectivity index (χ2n) is 5.58. The third kappa shape index (κ3) is 2.81. The maximum absolute atomic E-state index is 6.21. The van der Waals surface area contributed by atoms with E-state index in [2.05, 4.69) is 38.4 Å². The summed E-state index contributed by atoms with van der Waals surface area (Å²) in [6.07, 6.45) is 6.81. The fourth-order valence-corrected chi connectivity index (χ4v) is 3.53. The Bertz CT molecular complexity index is 599. The molecule has 1 heterocycles. The molecule has 3 N–H and O–H groups in total. The molecule has 0 spiro atoms. The second-order valence-corrected chi connectivity index (χ2v) is 6.44. The maximum atomic E-state index is 6.21. The predicted octanol–water partition coefficient (Wildman–Crippen LogP) is 3.93. The highest BCUT2D eigenvalue weighted by Gasteiger charge is 2.21. The van der Waals surface area contributed by atoms with Gasteiger partial charge in [-0.2, -0.15) is 0 Å². The number of nitrogens with zero attached hydrogens (tertiary/aromatic N) is 1. The van der Waals surface area contributed by atoms with Gasteiger partial charge in [-0.05, 0) is 30.9 Å². The fourth-order valence-electron chi connectivity index (χ4n) is 3.03. The van der Waals surface area contributed by atoms with Crippen LogP contribution in [-0.2, 0) is 0 Å². The number of hydrogen-bond donors (Lipinski definition) is 2. The largest absolute Gasteiger partial charge is 0.369 e. The van der Waals surface area contributed by atoms with Crippen molar-refractivity contribution in [1.29, 1.82) is 0 Å². The molecule has 2 unspecified atom stereocenters. The van der Waals surface area contributed by atoms with Gasteiger partial charge in [-0.1, -0.05) is 40.9 Å². The first-order valence-corrected chi connectivity index (χ1v) is 8.07. The number of benzene rings is 1. The Morgan fingerprint density at radius 3 is 2.90 bits per heavy atom. The van der Waals surface area contributed by atoms with Crippen LogP contribution >= 0.6 is 15.9 Å². The zero-order valence-electron chi connectivity index (χ0n) is 11.5. The molecular weight excluding hydrogens is 314 g/mol. The zero-order chi connectivity index (χ0) is 13.9. The quantitative estimate of drug-likeness (QED) is 0.894. The molecule has 0 aliphatic heterocycles. The minimum Gasteiger partial charge on any atom is -0.369 e. The highest BCUT2D eigenvalue weighted by atomic mass is 79.9. The van der Waals surface area contributed by atoms with Crippen LogP contribution in [0.25, 0.3) is 10.8 Å². The van der Waals surface area contributed by atoms with E-state index in [-0.39, 0.29) is 0 Å². The third-order valence-corrected chi connectivity index (χ3v) is 4.94. The minimum absolute atomic E-state index is 0.331. The van der Waals surface area contributed by atoms with Crippen LogP contribution < -0.4 is 11.1 Å². The zero-order valence-corrected chi connectivity index (χ0v) is 13.1. The number of hydrogen-bond acceptors (Lipinski definition) is 3. The Morgan fingerprint density at radius 1 is 1.20 bits per heavy atom. The van der Waals surface area contributed by atoms with E-state index in [1.54, 1.807) is 0 Å². The molecule has 0 bridgehead atoms. The number of nitrogens with one attached hydrogen (secondary N) is 1. The van der Waals surface area contributed by atoms with Crippen LogP contribution in [0.4, 0.5) is 5.82 Å². The summed E-state index contributed by atoms with van der Waals surface area (Å²) in [4.78, 5) is 4.48. The highest BCUT2D eigenvalue weighted by molar-refractivity contribution is 9.10. The number of fused-ring (bicyclic) bond motifs is 1. The number of nitrogens with two attached hydrogens (primary N) is 1. The van der Waals surface area contributed by atoms with Gasteiger partial charge in [0.2, 0.25) is 0 Å². The van der Waals surface area contributed by atoms with Gasteiger partial charge in [-0.25, -0.2) is 4.98 Å². The number of halogens is 1. The maximum Gasteiger partial charge on any atom is 0.133 e. The van der Waals surface area contributed by atoms with Crippen LogP contribution in [0.2, 0.25) is 0 Å². The lowest BCUT2D eigenvalue weighted by Crippen LogP contribution is -2.37. The Morgan fingerprint density at radius 2 is 2.05 bits per heavy atom. The number of pyridine rings is 1. The van der Waals surface area contributed by atoms with Crippen LogP contribution in [0, 0.1) is 5.92 Å². The lowest BCUT2D eigenvalue weighted by atomic mass is 9.85. The van der Waals surface area contributed by atoms with Gasteiger partial charge in [-0.15, -0.1) is 0 Å². The molecule has 4 heteroatoms. The van der Waals surface area contributed by atoms with E-state index in [1.807, 2.05) is 18.3 Å². The summed E-state index contributed by atoms with van der Waals surface area (Å²) in [5.74, 6) is 1.52. The molecule has 1 fully saturated rings. The summed E-state index contributed by atoms with van der Waals surface area (Å²) in [5, 5.41) is 5.85. The van der Waals surface area contributed by atoms with Gasteiger partial charge in [0.25, 0.3) is 0 Å². The third-order valence-electron chi connectivity index (χ3n) is 4.25. The second kappa shape index (κ2) is 6.10. The Kier molecular flexibility index (Phi) is 4.22. The molecule has 1 saturated carbocycles. The van der Waals surface area contributed by atoms with E-state index >= 15 is 0 Å². The summed E-state index contributed by atoms with van der Waals surface area (Å²) >= 11 is 3.59. The molecule has 1 aromatic carbocycles. The standard InChI is InChI=1S/C16H20BrN3/c17-14-6-3-5-13-12(14)8-9-19-16(13)20-10-11-4-1-2-7-15(11)18/h3,5-6,8-9,11,15H,1-2,4,7,10,18H2,(H,19,20). The normalized spacial score (nSPS) is 22.9. The predicted molar refractivity (Wildman–Crippen MR) is 87.9 cm³/mol. The summed E-state index contributed by atoms with van der Waals surface area (Å²) in [5.41, 5.74) is 6.21. The van der Waals surface area contributed by atoms with Gasteiger partial charge in [0.05, 0.1) is 0 Å². The first-order chi connectivity index (χ1) is 9.75. The molecule has 106 valence electrons. The molecule has 1 aromatic heterocycles. The molecule has 0 saturated heterocycles. The first kappa shape index (κ1) is 13.8. The van der Waals surface area contributed by atoms with E-state index in [0.29, 0.717) is 12.0 Å². The van der Waals surface area contributed by atoms with Gasteiger partial charge in [-0.3, -0.25) is 0 Å². The van der Waals surface area contributed by atoms with Gasteiger partial charge in [0.1, 0.15) is 5.82 Å². The van der Waals surface area contributed by atoms with Crippen molar-refractivity contribution in [2.24, 2.45) is 11.7 Å². The Hall–Kier alpha value is -1.13. The minimum atomic E-state index is 0.331. The van der Waals surface area contributed by atoms with Crippen LogP contribution in [-0.4, -0.2) is 17.6 Å². The van der Waals surface area contributed by atoms with Crippen molar-refractivity contribution in [2.45, 2.75) is 31.7 Å². The lowest BCUT2D eigenvalue weighted by Gasteiger charge is -2.28. The molecule has 2 atom stereocenters. The molecule has 0 amide bonds. The van der Waals surface area contributed by atoms with Crippen molar-refractivity contribution in [3.05, 3.63) is 34.9 Å². The van der Waals surface area contributed by atoms with Gasteiger partial charge < -0.3 is 11.1 Å². The molecule has 1 aliphatic carbocycles. The monoisotopic (exact) mass is 333 g/mol. The number of rotatable bonds is 3. The van der Waals surface area contributed by atoms with Gasteiger partial charge in [0, 0.05) is 34.0 Å². The number of aromatic nitrogens is 1. The molecule has 0 radical (unpaired) electrons. The molecule has 3 nitrogen and oxygen atoms in total. The van der Waals surface area contributed by atoms with E-state index < -0.39 is 0 Å². The summed E-state index contributed by atoms with van der Waals surface area (Å²) < 4.78 is 1.11. The summed E-state index contributed by atoms with van der Waals surface area (Å²) in [7, 11) is 0. The smallest absolute Gasteiger partial charge is 0.133 e. The topological polar surface area (TPSA) is 50.9 Å². The van der Waals surface area contributed by atoms with E-state index in [4.69, 9.17) is 5.73 Å². The summed E-state index contributed by atoms with van der Waals surface area (Å²) in [6.45, 7) is 0.916. The number of anilines is 1. The van der Waals surface area contributed by atoms with Crippen LogP contribution in [0.15, 0.2) is 34.9 Å². The summed E-state index contributed by atoms with van der Waals surface area (Å²) in [6, 6.07) is 8.58. The van der Waals surface area contributed by atoms with Crippen molar-refractivity contribution in [2.75, 3.05) is 11.9 Å². The Labute approximate surface area is 128 Å². The van der Waals surface area contributed by atoms with Crippen molar-refractivity contribution < 1.29 is 0 Å². The van der Waals surface area contributed by atoms with Gasteiger partial charge >= 0.3 is 0 Å². The molecular formula is C16H20BrN3.